The topological polar surface area (TPSA) is 12.9 Å². The van der Waals surface area contributed by atoms with Crippen LogP contribution in [0.25, 0.3) is 22.2 Å². The molecule has 0 N–H and O–H groups in total. The molecule has 1 aromatic heterocycles. The Kier molecular flexibility index (Phi) is 2.43. The highest BCUT2D eigenvalue weighted by Crippen LogP contribution is 2.41. The average Bonchev–Trinajstić information content (AvgIpc) is 2.49. The van der Waals surface area contributed by atoms with Gasteiger partial charge in [0.25, 0.3) is 0 Å². The van der Waals surface area contributed by atoms with Gasteiger partial charge in [0.15, 0.2) is 0 Å². The molecule has 0 saturated heterocycles. The van der Waals surface area contributed by atoms with E-state index in [1.807, 2.05) is 0 Å². The Morgan fingerprint density at radius 3 is 2.65 bits per heavy atom. The fraction of sp³-hybridized carbons (Fsp3) is 0.211. The van der Waals surface area contributed by atoms with Gasteiger partial charge in [-0.25, -0.2) is 4.98 Å². The molecule has 0 spiro atoms. The zero-order valence-corrected chi connectivity index (χ0v) is 11.9. The molecule has 1 heterocycles. The van der Waals surface area contributed by atoms with Gasteiger partial charge in [-0.05, 0) is 42.0 Å². The lowest BCUT2D eigenvalue weighted by molar-refractivity contribution is 0.742. The van der Waals surface area contributed by atoms with Crippen LogP contribution in [0.1, 0.15) is 29.5 Å². The molecule has 1 aliphatic carbocycles. The number of rotatable bonds is 0. The van der Waals surface area contributed by atoms with Crippen molar-refractivity contribution in [2.45, 2.75) is 26.2 Å². The van der Waals surface area contributed by atoms with Gasteiger partial charge in [0.05, 0.1) is 11.2 Å². The van der Waals surface area contributed by atoms with Gasteiger partial charge in [0.1, 0.15) is 0 Å². The molecule has 0 bridgehead atoms. The molecule has 1 nitrogen and oxygen atoms in total. The zero-order chi connectivity index (χ0) is 13.7. The largest absolute Gasteiger partial charge is 0.247 e. The highest BCUT2D eigenvalue weighted by Gasteiger charge is 2.24. The van der Waals surface area contributed by atoms with E-state index in [4.69, 9.17) is 4.98 Å². The quantitative estimate of drug-likeness (QED) is 0.561. The van der Waals surface area contributed by atoms with Crippen molar-refractivity contribution in [3.05, 3.63) is 65.2 Å². The fourth-order valence-corrected chi connectivity index (χ4v) is 3.45. The molecule has 1 heteroatoms. The first kappa shape index (κ1) is 11.7. The van der Waals surface area contributed by atoms with E-state index in [-0.39, 0.29) is 0 Å². The van der Waals surface area contributed by atoms with Gasteiger partial charge in [-0.15, -0.1) is 0 Å². The molecule has 0 saturated carbocycles. The van der Waals surface area contributed by atoms with Crippen LogP contribution in [0.15, 0.2) is 48.5 Å². The van der Waals surface area contributed by atoms with E-state index in [0.29, 0.717) is 5.92 Å². The van der Waals surface area contributed by atoms with E-state index in [9.17, 15) is 0 Å². The van der Waals surface area contributed by atoms with E-state index in [1.165, 1.54) is 33.3 Å². The number of aromatic nitrogens is 1. The summed E-state index contributed by atoms with van der Waals surface area (Å²) < 4.78 is 0. The second-order valence-corrected chi connectivity index (χ2v) is 5.77. The normalized spacial score (nSPS) is 16.8. The molecule has 2 aromatic carbocycles. The fourth-order valence-electron chi connectivity index (χ4n) is 3.45. The summed E-state index contributed by atoms with van der Waals surface area (Å²) in [6.07, 6.45) is 1.09. The molecular formula is C19H17N. The molecular weight excluding hydrogens is 242 g/mol. The van der Waals surface area contributed by atoms with E-state index in [2.05, 4.69) is 62.4 Å². The lowest BCUT2D eigenvalue weighted by Gasteiger charge is -2.26. The molecule has 0 aliphatic heterocycles. The predicted molar refractivity (Wildman–Crippen MR) is 84.0 cm³/mol. The first-order chi connectivity index (χ1) is 9.75. The first-order valence-corrected chi connectivity index (χ1v) is 7.23. The molecule has 3 aromatic rings. The Bertz CT molecular complexity index is 817. The Hall–Kier alpha value is -2.15. The molecule has 4 rings (SSSR count). The van der Waals surface area contributed by atoms with Gasteiger partial charge in [0.2, 0.25) is 0 Å². The minimum atomic E-state index is 0.570. The smallest absolute Gasteiger partial charge is 0.0747 e. The van der Waals surface area contributed by atoms with E-state index in [0.717, 1.165) is 11.9 Å². The van der Waals surface area contributed by atoms with Crippen LogP contribution < -0.4 is 0 Å². The van der Waals surface area contributed by atoms with Gasteiger partial charge in [-0.3, -0.25) is 0 Å². The maximum absolute atomic E-state index is 4.95. The van der Waals surface area contributed by atoms with Crippen molar-refractivity contribution in [1.82, 2.24) is 4.98 Å². The minimum Gasteiger partial charge on any atom is -0.247 e. The third-order valence-corrected chi connectivity index (χ3v) is 4.54. The Balaban J connectivity index is 2.12. The van der Waals surface area contributed by atoms with Gasteiger partial charge in [-0.2, -0.15) is 0 Å². The Morgan fingerprint density at radius 2 is 1.75 bits per heavy atom. The number of hydrogen-bond donors (Lipinski definition) is 0. The molecule has 98 valence electrons. The van der Waals surface area contributed by atoms with Gasteiger partial charge in [0, 0.05) is 10.9 Å². The summed E-state index contributed by atoms with van der Waals surface area (Å²) in [6.45, 7) is 4.56. The average molecular weight is 259 g/mol. The monoisotopic (exact) mass is 259 g/mol. The summed E-state index contributed by atoms with van der Waals surface area (Å²) in [5.41, 5.74) is 7.86. The first-order valence-electron chi connectivity index (χ1n) is 7.23. The number of para-hydroxylation sites is 1. The van der Waals surface area contributed by atoms with E-state index >= 15 is 0 Å². The molecule has 0 fully saturated rings. The van der Waals surface area contributed by atoms with Crippen LogP contribution in [0, 0.1) is 6.92 Å². The third-order valence-electron chi connectivity index (χ3n) is 4.54. The molecule has 1 aliphatic rings. The molecule has 0 radical (unpaired) electrons. The molecule has 20 heavy (non-hydrogen) atoms. The maximum Gasteiger partial charge on any atom is 0.0747 e. The summed E-state index contributed by atoms with van der Waals surface area (Å²) in [4.78, 5) is 4.95. The lowest BCUT2D eigenvalue weighted by atomic mass is 9.80. The molecule has 1 unspecified atom stereocenters. The predicted octanol–water partition coefficient (Wildman–Crippen LogP) is 4.87. The van der Waals surface area contributed by atoms with Crippen molar-refractivity contribution in [2.24, 2.45) is 0 Å². The van der Waals surface area contributed by atoms with Crippen LogP contribution in [0.2, 0.25) is 0 Å². The maximum atomic E-state index is 4.95. The highest BCUT2D eigenvalue weighted by atomic mass is 14.7. The van der Waals surface area contributed by atoms with Gasteiger partial charge >= 0.3 is 0 Å². The van der Waals surface area contributed by atoms with Crippen molar-refractivity contribution >= 4 is 10.9 Å². The Labute approximate surface area is 119 Å². The summed E-state index contributed by atoms with van der Waals surface area (Å²) in [7, 11) is 0. The SMILES string of the molecule is Cc1c2c(nc3ccccc13)-c1ccccc1C(C)C2. The number of aryl methyl sites for hydroxylation is 1. The third kappa shape index (κ3) is 1.53. The second kappa shape index (κ2) is 4.17. The number of hydrogen-bond acceptors (Lipinski definition) is 1. The summed E-state index contributed by atoms with van der Waals surface area (Å²) in [5, 5.41) is 1.29. The van der Waals surface area contributed by atoms with Crippen LogP contribution in [0.5, 0.6) is 0 Å². The Morgan fingerprint density at radius 1 is 1.00 bits per heavy atom. The second-order valence-electron chi connectivity index (χ2n) is 5.77. The summed E-state index contributed by atoms with van der Waals surface area (Å²) in [6, 6.07) is 17.2. The van der Waals surface area contributed by atoms with Gasteiger partial charge in [-0.1, -0.05) is 49.4 Å². The summed E-state index contributed by atoms with van der Waals surface area (Å²) >= 11 is 0. The van der Waals surface area contributed by atoms with Crippen LogP contribution in [-0.4, -0.2) is 4.98 Å². The van der Waals surface area contributed by atoms with Crippen molar-refractivity contribution in [3.63, 3.8) is 0 Å². The zero-order valence-electron chi connectivity index (χ0n) is 11.9. The molecule has 1 atom stereocenters. The van der Waals surface area contributed by atoms with Crippen LogP contribution >= 0.6 is 0 Å². The lowest BCUT2D eigenvalue weighted by Crippen LogP contribution is -2.11. The standard InChI is InChI=1S/C19H17N/c1-12-11-17-13(2)15-8-5-6-10-18(15)20-19(17)16-9-4-3-7-14(12)16/h3-10,12H,11H2,1-2H3. The number of nitrogens with zero attached hydrogens (tertiary/aromatic N) is 1. The van der Waals surface area contributed by atoms with Crippen LogP contribution in [0.3, 0.4) is 0 Å². The van der Waals surface area contributed by atoms with Crippen molar-refractivity contribution < 1.29 is 0 Å². The molecule has 0 amide bonds. The van der Waals surface area contributed by atoms with Crippen molar-refractivity contribution in [1.29, 1.82) is 0 Å². The minimum absolute atomic E-state index is 0.570. The number of benzene rings is 2. The number of fused-ring (bicyclic) bond motifs is 4. The summed E-state index contributed by atoms with van der Waals surface area (Å²) in [5.74, 6) is 0.570. The van der Waals surface area contributed by atoms with Crippen LogP contribution in [-0.2, 0) is 6.42 Å². The number of pyridine rings is 1. The van der Waals surface area contributed by atoms with E-state index in [1.54, 1.807) is 0 Å². The van der Waals surface area contributed by atoms with Gasteiger partial charge < -0.3 is 0 Å². The van der Waals surface area contributed by atoms with Crippen molar-refractivity contribution in [2.75, 3.05) is 0 Å². The highest BCUT2D eigenvalue weighted by molar-refractivity contribution is 5.88. The van der Waals surface area contributed by atoms with Crippen molar-refractivity contribution in [3.8, 4) is 11.3 Å². The van der Waals surface area contributed by atoms with Crippen LogP contribution in [0.4, 0.5) is 0 Å². The van der Waals surface area contributed by atoms with E-state index < -0.39 is 0 Å².